The molecule has 4 nitrogen and oxygen atoms in total. The Labute approximate surface area is 160 Å². The minimum atomic E-state index is -1.07. The van der Waals surface area contributed by atoms with Crippen LogP contribution >= 0.6 is 0 Å². The number of aryl methyl sites for hydroxylation is 1. The van der Waals surface area contributed by atoms with Crippen molar-refractivity contribution in [2.24, 2.45) is 0 Å². The van der Waals surface area contributed by atoms with Gasteiger partial charge < -0.3 is 15.2 Å². The summed E-state index contributed by atoms with van der Waals surface area (Å²) in [4.78, 5) is 18.7. The molecule has 0 saturated carbocycles. The average Bonchev–Trinajstić information content (AvgIpc) is 2.68. The van der Waals surface area contributed by atoms with E-state index >= 15 is 0 Å². The van der Waals surface area contributed by atoms with E-state index in [1.54, 1.807) is 18.2 Å². The van der Waals surface area contributed by atoms with Gasteiger partial charge >= 0.3 is 5.97 Å². The average molecular weight is 627 g/mol. The van der Waals surface area contributed by atoms with Crippen LogP contribution < -0.4 is 5.32 Å². The molecule has 0 unspecified atom stereocenters. The molecule has 0 aromatic heterocycles. The number of aliphatic carboxylic acids is 1. The van der Waals surface area contributed by atoms with Crippen LogP contribution in [0.2, 0.25) is 0 Å². The molecule has 156 valence electrons. The number of carbonyl (C=O) groups excluding carboxylic acids is 1. The van der Waals surface area contributed by atoms with Gasteiger partial charge in [0.25, 0.3) is 0 Å². The first-order valence-corrected chi connectivity index (χ1v) is 8.28. The Kier molecular flexibility index (Phi) is 14.0. The molecule has 0 spiro atoms. The summed E-state index contributed by atoms with van der Waals surface area (Å²) in [7, 11) is 0. The second-order valence-electron chi connectivity index (χ2n) is 5.44. The summed E-state index contributed by atoms with van der Waals surface area (Å²) in [6.07, 6.45) is 4.01. The molecule has 0 fully saturated rings. The maximum Gasteiger partial charge on any atom is 0.320 e. The van der Waals surface area contributed by atoms with Crippen molar-refractivity contribution in [1.29, 1.82) is 0 Å². The van der Waals surface area contributed by atoms with Gasteiger partial charge in [0, 0.05) is 0 Å². The first kappa shape index (κ1) is 26.0. The largest absolute Gasteiger partial charge is 0.521 e. The molecule has 0 saturated heterocycles. The molecule has 2 N–H and O–H groups in total. The van der Waals surface area contributed by atoms with Crippen molar-refractivity contribution < 1.29 is 19.1 Å². The summed E-state index contributed by atoms with van der Waals surface area (Å²) >= 11 is 0. The summed E-state index contributed by atoms with van der Waals surface area (Å²) in [5.74, 6) is -1.26. The van der Waals surface area contributed by atoms with Gasteiger partial charge in [-0.1, -0.05) is 73.7 Å². The fourth-order valence-corrected chi connectivity index (χ4v) is 1.64. The van der Waals surface area contributed by atoms with Crippen LogP contribution in [-0.2, 0) is 9.59 Å². The third-order valence-corrected chi connectivity index (χ3v) is 3.28. The van der Waals surface area contributed by atoms with Gasteiger partial charge in [0.05, 0.1) is 6.54 Å². The summed E-state index contributed by atoms with van der Waals surface area (Å²) in [5, 5.41) is 9.65. The molecule has 0 radical (unpaired) electrons. The molecule has 0 atom stereocenters. The number of benzene rings is 2. The maximum absolute atomic E-state index is 12.7. The number of carboxylic acids is 1. The van der Waals surface area contributed by atoms with Crippen LogP contribution in [0.1, 0.15) is 18.9 Å². The molecule has 0 heterocycles. The van der Waals surface area contributed by atoms with Crippen molar-refractivity contribution in [3.8, 4) is 11.1 Å². The number of carboxylic acid groups (broad SMARTS) is 1. The van der Waals surface area contributed by atoms with E-state index in [1.807, 2.05) is 17.4 Å². The summed E-state index contributed by atoms with van der Waals surface area (Å²) in [5.41, 5.74) is 4.51. The predicted octanol–water partition coefficient (Wildman–Crippen LogP) is 4.67. The van der Waals surface area contributed by atoms with Gasteiger partial charge in [-0.3, -0.25) is 4.79 Å². The molecule has 0 bridgehead atoms. The van der Waals surface area contributed by atoms with Crippen molar-refractivity contribution in [2.75, 3.05) is 6.54 Å². The maximum atomic E-state index is 12.7. The Bertz CT molecular complexity index is 685. The SMILES string of the molecule is C=CC(=C)CC.Cc1ccc(-c2ccc(F)cc2)cc1.O=[C-]NCC(=O)O.[Fm]. The Morgan fingerprint density at radius 2 is 1.61 bits per heavy atom. The second kappa shape index (κ2) is 15.1. The Morgan fingerprint density at radius 3 is 1.89 bits per heavy atom. The molecular formula is C22H25FFmNO3-. The zero-order chi connectivity index (χ0) is 20.7. The van der Waals surface area contributed by atoms with Crippen LogP contribution in [-0.4, -0.2) is 24.0 Å². The molecule has 0 aliphatic heterocycles. The zero-order valence-electron chi connectivity index (χ0n) is 16.0. The first-order chi connectivity index (χ1) is 12.8. The quantitative estimate of drug-likeness (QED) is 0.278. The smallest absolute Gasteiger partial charge is 0.320 e. The van der Waals surface area contributed by atoms with Crippen molar-refractivity contribution in [2.45, 2.75) is 20.3 Å². The van der Waals surface area contributed by atoms with E-state index < -0.39 is 5.97 Å². The van der Waals surface area contributed by atoms with E-state index in [-0.39, 0.29) is 12.4 Å². The van der Waals surface area contributed by atoms with E-state index in [0.29, 0.717) is 0 Å². The van der Waals surface area contributed by atoms with E-state index in [2.05, 4.69) is 39.1 Å². The standard InChI is InChI=1S/C13H11F.C6H10.C3H4NO3.Fm/c1-10-2-4-11(5-3-10)12-6-8-13(14)9-7-12;1-4-6(3)5-2;5-2-4-1-3(6)7;/h2-9H,1H3;4H,1,3,5H2,2H3;1H2,(H,4,5)(H,6,7);/q;;-1;. The van der Waals surface area contributed by atoms with Gasteiger partial charge in [-0.05, 0) is 36.6 Å². The Morgan fingerprint density at radius 1 is 1.14 bits per heavy atom. The predicted molar refractivity (Wildman–Crippen MR) is 108 cm³/mol. The van der Waals surface area contributed by atoms with Crippen LogP contribution in [0, 0.1) is 12.7 Å². The van der Waals surface area contributed by atoms with Gasteiger partial charge in [0.15, 0.2) is 0 Å². The number of nitrogens with one attached hydrogen (secondary N) is 1. The zero-order valence-corrected chi connectivity index (χ0v) is 18.4. The van der Waals surface area contributed by atoms with E-state index in [9.17, 15) is 14.0 Å². The number of rotatable bonds is 6. The minimum absolute atomic E-state index is 0. The fourth-order valence-electron chi connectivity index (χ4n) is 1.64. The summed E-state index contributed by atoms with van der Waals surface area (Å²) in [6.45, 7) is 11.0. The third-order valence-electron chi connectivity index (χ3n) is 3.28. The summed E-state index contributed by atoms with van der Waals surface area (Å²) in [6, 6.07) is 14.7. The van der Waals surface area contributed by atoms with Crippen LogP contribution in [0.3, 0.4) is 0 Å². The summed E-state index contributed by atoms with van der Waals surface area (Å²) < 4.78 is 12.7. The van der Waals surface area contributed by atoms with Gasteiger partial charge in [0.1, 0.15) is 5.82 Å². The van der Waals surface area contributed by atoms with E-state index in [4.69, 9.17) is 5.11 Å². The number of allylic oxidation sites excluding steroid dienone is 2. The van der Waals surface area contributed by atoms with Gasteiger partial charge in [-0.2, -0.15) is 6.41 Å². The van der Waals surface area contributed by atoms with Crippen molar-refractivity contribution in [3.63, 3.8) is 0 Å². The van der Waals surface area contributed by atoms with Gasteiger partial charge in [-0.15, -0.1) is 0 Å². The van der Waals surface area contributed by atoms with Crippen molar-refractivity contribution in [3.05, 3.63) is 84.7 Å². The third kappa shape index (κ3) is 12.2. The minimum Gasteiger partial charge on any atom is -0.521 e. The van der Waals surface area contributed by atoms with Crippen LogP contribution in [0.4, 0.5) is 4.39 Å². The van der Waals surface area contributed by atoms with E-state index in [0.717, 1.165) is 23.1 Å². The topological polar surface area (TPSA) is 66.4 Å². The molecule has 2 rings (SSSR count). The molecule has 6 heteroatoms. The number of hydrogen-bond donors (Lipinski definition) is 2. The van der Waals surface area contributed by atoms with E-state index in [1.165, 1.54) is 24.1 Å². The molecule has 2 aromatic carbocycles. The molecule has 1 amide bonds. The second-order valence-corrected chi connectivity index (χ2v) is 5.44. The van der Waals surface area contributed by atoms with Crippen LogP contribution in [0.5, 0.6) is 0 Å². The van der Waals surface area contributed by atoms with Crippen molar-refractivity contribution >= 4 is 12.4 Å². The first-order valence-electron chi connectivity index (χ1n) is 8.28. The molecule has 0 aliphatic carbocycles. The molecule has 28 heavy (non-hydrogen) atoms. The Hall–Kier alpha value is -4.21. The molecule has 2 aromatic rings. The van der Waals surface area contributed by atoms with Crippen LogP contribution in [0.25, 0.3) is 11.1 Å². The van der Waals surface area contributed by atoms with Crippen molar-refractivity contribution in [1.82, 2.24) is 5.32 Å². The Balaban J connectivity index is 0. The number of halogens is 1. The fraction of sp³-hybridized carbons (Fsp3) is 0.182. The van der Waals surface area contributed by atoms with Gasteiger partial charge in [0.2, 0.25) is 0 Å². The molecular weight excluding hydrogens is 602 g/mol. The number of hydrogen-bond acceptors (Lipinski definition) is 2. The normalized spacial score (nSPS) is 8.54. The number of carbonyl (C=O) groups is 1. The van der Waals surface area contributed by atoms with Crippen LogP contribution in [0.15, 0.2) is 73.3 Å². The number of amides is 1. The monoisotopic (exact) mass is 627 g/mol. The van der Waals surface area contributed by atoms with Gasteiger partial charge in [-0.25, -0.2) is 4.39 Å². The molecule has 0 aliphatic rings.